The SMILES string of the molecule is CC(C)C1=C(C(C)C)C2C=CC1C2. The van der Waals surface area contributed by atoms with Crippen LogP contribution in [0.25, 0.3) is 0 Å². The van der Waals surface area contributed by atoms with Gasteiger partial charge in [0.15, 0.2) is 0 Å². The lowest BCUT2D eigenvalue weighted by Crippen LogP contribution is -2.09. The molecule has 0 saturated heterocycles. The van der Waals surface area contributed by atoms with Crippen LogP contribution in [0.3, 0.4) is 0 Å². The van der Waals surface area contributed by atoms with E-state index < -0.39 is 0 Å². The highest BCUT2D eigenvalue weighted by Gasteiger charge is 2.36. The first kappa shape index (κ1) is 9.05. The van der Waals surface area contributed by atoms with Gasteiger partial charge in [-0.15, -0.1) is 0 Å². The van der Waals surface area contributed by atoms with Crippen molar-refractivity contribution in [1.29, 1.82) is 0 Å². The maximum absolute atomic E-state index is 2.42. The normalized spacial score (nSPS) is 31.5. The van der Waals surface area contributed by atoms with Gasteiger partial charge in [-0.3, -0.25) is 0 Å². The molecule has 2 unspecified atom stereocenters. The highest BCUT2D eigenvalue weighted by atomic mass is 14.4. The summed E-state index contributed by atoms with van der Waals surface area (Å²) in [6, 6.07) is 0. The second-order valence-electron chi connectivity index (χ2n) is 5.05. The molecular weight excluding hydrogens is 156 g/mol. The van der Waals surface area contributed by atoms with Gasteiger partial charge in [0.2, 0.25) is 0 Å². The first-order chi connectivity index (χ1) is 6.11. The van der Waals surface area contributed by atoms with Crippen LogP contribution in [0.4, 0.5) is 0 Å². The van der Waals surface area contributed by atoms with Gasteiger partial charge in [-0.05, 0) is 30.1 Å². The third-order valence-electron chi connectivity index (χ3n) is 3.46. The molecule has 2 aliphatic rings. The number of hydrogen-bond acceptors (Lipinski definition) is 0. The molecule has 2 rings (SSSR count). The van der Waals surface area contributed by atoms with Crippen molar-refractivity contribution in [3.05, 3.63) is 23.3 Å². The van der Waals surface area contributed by atoms with E-state index in [2.05, 4.69) is 39.8 Å². The van der Waals surface area contributed by atoms with Gasteiger partial charge in [-0.1, -0.05) is 51.0 Å². The van der Waals surface area contributed by atoms with Crippen LogP contribution in [-0.4, -0.2) is 0 Å². The summed E-state index contributed by atoms with van der Waals surface area (Å²) >= 11 is 0. The third kappa shape index (κ3) is 1.27. The van der Waals surface area contributed by atoms with E-state index in [9.17, 15) is 0 Å². The Kier molecular flexibility index (Phi) is 2.09. The van der Waals surface area contributed by atoms with Gasteiger partial charge in [-0.2, -0.15) is 0 Å². The summed E-state index contributed by atoms with van der Waals surface area (Å²) in [7, 11) is 0. The number of fused-ring (bicyclic) bond motifs is 2. The van der Waals surface area contributed by atoms with Crippen LogP contribution in [0, 0.1) is 23.7 Å². The summed E-state index contributed by atoms with van der Waals surface area (Å²) in [6.07, 6.45) is 6.22. The number of allylic oxidation sites excluding steroid dienone is 4. The van der Waals surface area contributed by atoms with Crippen LogP contribution in [0.1, 0.15) is 34.1 Å². The molecule has 2 bridgehead atoms. The fourth-order valence-corrected chi connectivity index (χ4v) is 3.11. The molecular formula is C13H20. The van der Waals surface area contributed by atoms with Crippen LogP contribution in [0.5, 0.6) is 0 Å². The van der Waals surface area contributed by atoms with Gasteiger partial charge in [0, 0.05) is 0 Å². The first-order valence-electron chi connectivity index (χ1n) is 5.53. The molecule has 0 heterocycles. The van der Waals surface area contributed by atoms with E-state index in [0.29, 0.717) is 0 Å². The van der Waals surface area contributed by atoms with Crippen molar-refractivity contribution in [2.45, 2.75) is 34.1 Å². The molecule has 0 saturated carbocycles. The zero-order valence-corrected chi connectivity index (χ0v) is 9.17. The molecule has 0 N–H and O–H groups in total. The average molecular weight is 176 g/mol. The Morgan fingerprint density at radius 1 is 0.923 bits per heavy atom. The van der Waals surface area contributed by atoms with E-state index in [1.165, 1.54) is 6.42 Å². The second-order valence-corrected chi connectivity index (χ2v) is 5.05. The average Bonchev–Trinajstić information content (AvgIpc) is 2.60. The Labute approximate surface area is 81.7 Å². The molecule has 0 aromatic carbocycles. The van der Waals surface area contributed by atoms with Gasteiger partial charge in [0.25, 0.3) is 0 Å². The van der Waals surface area contributed by atoms with Crippen molar-refractivity contribution >= 4 is 0 Å². The lowest BCUT2D eigenvalue weighted by atomic mass is 9.84. The van der Waals surface area contributed by atoms with E-state index in [1.807, 2.05) is 0 Å². The number of hydrogen-bond donors (Lipinski definition) is 0. The maximum atomic E-state index is 2.42. The minimum atomic E-state index is 0.748. The Morgan fingerprint density at radius 3 is 1.62 bits per heavy atom. The quantitative estimate of drug-likeness (QED) is 0.561. The topological polar surface area (TPSA) is 0 Å². The van der Waals surface area contributed by atoms with Crippen molar-refractivity contribution < 1.29 is 0 Å². The van der Waals surface area contributed by atoms with Crippen LogP contribution in [0.2, 0.25) is 0 Å². The van der Waals surface area contributed by atoms with Gasteiger partial charge < -0.3 is 0 Å². The Hall–Kier alpha value is -0.520. The minimum absolute atomic E-state index is 0.748. The summed E-state index contributed by atoms with van der Waals surface area (Å²) in [4.78, 5) is 0. The largest absolute Gasteiger partial charge is 0.0807 e. The standard InChI is InChI=1S/C13H20/c1-8(2)12-10-5-6-11(7-10)13(12)9(3)4/h5-6,8-11H,7H2,1-4H3. The summed E-state index contributed by atoms with van der Waals surface area (Å²) < 4.78 is 0. The molecule has 2 atom stereocenters. The maximum Gasteiger partial charge on any atom is -0.000881 e. The predicted octanol–water partition coefficient (Wildman–Crippen LogP) is 3.80. The van der Waals surface area contributed by atoms with Crippen molar-refractivity contribution in [2.24, 2.45) is 23.7 Å². The van der Waals surface area contributed by atoms with Crippen LogP contribution < -0.4 is 0 Å². The van der Waals surface area contributed by atoms with E-state index in [0.717, 1.165) is 23.7 Å². The Bertz CT molecular complexity index is 240. The van der Waals surface area contributed by atoms with Gasteiger partial charge in [-0.25, -0.2) is 0 Å². The fourth-order valence-electron chi connectivity index (χ4n) is 3.11. The molecule has 0 spiro atoms. The molecule has 0 aromatic heterocycles. The van der Waals surface area contributed by atoms with Crippen molar-refractivity contribution in [1.82, 2.24) is 0 Å². The van der Waals surface area contributed by atoms with Gasteiger partial charge in [0.1, 0.15) is 0 Å². The second kappa shape index (κ2) is 3.01. The van der Waals surface area contributed by atoms with E-state index in [1.54, 1.807) is 11.1 Å². The summed E-state index contributed by atoms with van der Waals surface area (Å²) in [5.41, 5.74) is 3.50. The molecule has 0 radical (unpaired) electrons. The Balaban J connectivity index is 2.37. The van der Waals surface area contributed by atoms with Gasteiger partial charge >= 0.3 is 0 Å². The van der Waals surface area contributed by atoms with Crippen LogP contribution >= 0.6 is 0 Å². The molecule has 0 heteroatoms. The van der Waals surface area contributed by atoms with Crippen molar-refractivity contribution in [3.63, 3.8) is 0 Å². The smallest absolute Gasteiger partial charge is 0.000881 e. The zero-order chi connectivity index (χ0) is 9.59. The minimum Gasteiger partial charge on any atom is -0.0807 e. The number of rotatable bonds is 2. The molecule has 0 aliphatic heterocycles. The van der Waals surface area contributed by atoms with E-state index in [4.69, 9.17) is 0 Å². The molecule has 2 aliphatic carbocycles. The van der Waals surface area contributed by atoms with Crippen LogP contribution in [-0.2, 0) is 0 Å². The highest BCUT2D eigenvalue weighted by molar-refractivity contribution is 5.39. The van der Waals surface area contributed by atoms with Crippen molar-refractivity contribution in [3.8, 4) is 0 Å². The zero-order valence-electron chi connectivity index (χ0n) is 9.17. The van der Waals surface area contributed by atoms with Gasteiger partial charge in [0.05, 0.1) is 0 Å². The molecule has 13 heavy (non-hydrogen) atoms. The summed E-state index contributed by atoms with van der Waals surface area (Å²) in [5.74, 6) is 3.08. The van der Waals surface area contributed by atoms with E-state index in [-0.39, 0.29) is 0 Å². The summed E-state index contributed by atoms with van der Waals surface area (Å²) in [5, 5.41) is 0. The Morgan fingerprint density at radius 2 is 1.31 bits per heavy atom. The highest BCUT2D eigenvalue weighted by Crippen LogP contribution is 2.48. The third-order valence-corrected chi connectivity index (χ3v) is 3.46. The molecule has 0 fully saturated rings. The van der Waals surface area contributed by atoms with Crippen LogP contribution in [0.15, 0.2) is 23.3 Å². The monoisotopic (exact) mass is 176 g/mol. The predicted molar refractivity (Wildman–Crippen MR) is 57.4 cm³/mol. The molecule has 0 aromatic rings. The molecule has 0 nitrogen and oxygen atoms in total. The lowest BCUT2D eigenvalue weighted by Gasteiger charge is -2.22. The van der Waals surface area contributed by atoms with Crippen molar-refractivity contribution in [2.75, 3.05) is 0 Å². The molecule has 72 valence electrons. The van der Waals surface area contributed by atoms with E-state index >= 15 is 0 Å². The fraction of sp³-hybridized carbons (Fsp3) is 0.692. The first-order valence-corrected chi connectivity index (χ1v) is 5.53. The molecule has 0 amide bonds. The lowest BCUT2D eigenvalue weighted by molar-refractivity contribution is 0.634. The summed E-state index contributed by atoms with van der Waals surface area (Å²) in [6.45, 7) is 9.36.